The summed E-state index contributed by atoms with van der Waals surface area (Å²) in [5.41, 5.74) is 5.48. The van der Waals surface area contributed by atoms with Crippen molar-refractivity contribution in [2.75, 3.05) is 18.4 Å². The first-order valence-electron chi connectivity index (χ1n) is 10.7. The second-order valence-electron chi connectivity index (χ2n) is 8.20. The van der Waals surface area contributed by atoms with Gasteiger partial charge in [0.25, 0.3) is 5.91 Å². The molecule has 1 aliphatic rings. The summed E-state index contributed by atoms with van der Waals surface area (Å²) in [4.78, 5) is 19.9. The highest BCUT2D eigenvalue weighted by Gasteiger charge is 2.13. The zero-order chi connectivity index (χ0) is 21.2. The second-order valence-corrected chi connectivity index (χ2v) is 8.20. The molecule has 5 nitrogen and oxygen atoms in total. The van der Waals surface area contributed by atoms with Crippen LogP contribution in [-0.2, 0) is 6.54 Å². The number of nitrogens with zero attached hydrogens (tertiary/aromatic N) is 2. The van der Waals surface area contributed by atoms with E-state index in [9.17, 15) is 4.79 Å². The van der Waals surface area contributed by atoms with Gasteiger partial charge >= 0.3 is 0 Å². The molecule has 156 valence electrons. The molecule has 3 heterocycles. The van der Waals surface area contributed by atoms with E-state index in [1.807, 2.05) is 55.6 Å². The number of hydrogen-bond donors (Lipinski definition) is 1. The maximum atomic E-state index is 12.8. The standard InChI is InChI=1S/C26H25N3O2/c1-18-13-22-14-19(17-29-10-2-3-11-29)16-27-24(22)15-23(18)28-26(30)21-8-6-20(7-9-21)25-5-4-12-31-25/h4-9,12-16H,2-3,10-11,17H2,1H3,(H,28,30). The number of anilines is 1. The van der Waals surface area contributed by atoms with Gasteiger partial charge < -0.3 is 9.73 Å². The third kappa shape index (κ3) is 4.23. The van der Waals surface area contributed by atoms with Crippen LogP contribution in [0.5, 0.6) is 0 Å². The average Bonchev–Trinajstić information content (AvgIpc) is 3.49. The number of carbonyl (C=O) groups is 1. The Morgan fingerprint density at radius 1 is 1.10 bits per heavy atom. The van der Waals surface area contributed by atoms with Gasteiger partial charge in [0, 0.05) is 34.9 Å². The number of aryl methyl sites for hydroxylation is 1. The molecule has 0 aliphatic carbocycles. The molecule has 1 fully saturated rings. The maximum Gasteiger partial charge on any atom is 0.255 e. The van der Waals surface area contributed by atoms with Gasteiger partial charge in [0.05, 0.1) is 11.8 Å². The van der Waals surface area contributed by atoms with Gasteiger partial charge in [0.2, 0.25) is 0 Å². The Morgan fingerprint density at radius 2 is 1.90 bits per heavy atom. The number of benzene rings is 2. The number of fused-ring (bicyclic) bond motifs is 1. The molecule has 31 heavy (non-hydrogen) atoms. The highest BCUT2D eigenvalue weighted by atomic mass is 16.3. The minimum Gasteiger partial charge on any atom is -0.464 e. The second kappa shape index (κ2) is 8.36. The first kappa shape index (κ1) is 19.5. The third-order valence-corrected chi connectivity index (χ3v) is 5.89. The van der Waals surface area contributed by atoms with Gasteiger partial charge in [0.15, 0.2) is 0 Å². The van der Waals surface area contributed by atoms with Crippen molar-refractivity contribution in [3.8, 4) is 11.3 Å². The SMILES string of the molecule is Cc1cc2cc(CN3CCCC3)cnc2cc1NC(=O)c1ccc(-c2ccco2)cc1. The lowest BCUT2D eigenvalue weighted by Gasteiger charge is -2.15. The molecule has 0 spiro atoms. The van der Waals surface area contributed by atoms with E-state index < -0.39 is 0 Å². The van der Waals surface area contributed by atoms with Crippen LogP contribution in [0.4, 0.5) is 5.69 Å². The summed E-state index contributed by atoms with van der Waals surface area (Å²) in [7, 11) is 0. The molecule has 0 radical (unpaired) electrons. The van der Waals surface area contributed by atoms with Crippen molar-refractivity contribution in [2.45, 2.75) is 26.3 Å². The average molecular weight is 412 g/mol. The topological polar surface area (TPSA) is 58.4 Å². The monoisotopic (exact) mass is 411 g/mol. The summed E-state index contributed by atoms with van der Waals surface area (Å²) in [6.45, 7) is 5.31. The molecular formula is C26H25N3O2. The van der Waals surface area contributed by atoms with Gasteiger partial charge in [-0.15, -0.1) is 0 Å². The van der Waals surface area contributed by atoms with Gasteiger partial charge in [-0.2, -0.15) is 0 Å². The third-order valence-electron chi connectivity index (χ3n) is 5.89. The van der Waals surface area contributed by atoms with Gasteiger partial charge in [-0.25, -0.2) is 0 Å². The summed E-state index contributed by atoms with van der Waals surface area (Å²) >= 11 is 0. The summed E-state index contributed by atoms with van der Waals surface area (Å²) in [5, 5.41) is 4.14. The van der Waals surface area contributed by atoms with Gasteiger partial charge in [-0.3, -0.25) is 14.7 Å². The quantitative estimate of drug-likeness (QED) is 0.461. The van der Waals surface area contributed by atoms with E-state index in [0.717, 1.165) is 40.0 Å². The Morgan fingerprint density at radius 3 is 2.65 bits per heavy atom. The van der Waals surface area contributed by atoms with E-state index in [1.54, 1.807) is 6.26 Å². The lowest BCUT2D eigenvalue weighted by molar-refractivity contribution is 0.102. The summed E-state index contributed by atoms with van der Waals surface area (Å²) < 4.78 is 5.41. The van der Waals surface area contributed by atoms with Crippen molar-refractivity contribution < 1.29 is 9.21 Å². The molecule has 0 atom stereocenters. The fourth-order valence-corrected chi connectivity index (χ4v) is 4.18. The number of nitrogens with one attached hydrogen (secondary N) is 1. The van der Waals surface area contributed by atoms with Gasteiger partial charge in [0.1, 0.15) is 5.76 Å². The molecule has 0 bridgehead atoms. The molecule has 2 aromatic heterocycles. The molecule has 0 saturated carbocycles. The maximum absolute atomic E-state index is 12.8. The minimum atomic E-state index is -0.140. The molecule has 4 aromatic rings. The van der Waals surface area contributed by atoms with Crippen molar-refractivity contribution in [2.24, 2.45) is 0 Å². The van der Waals surface area contributed by atoms with Crippen molar-refractivity contribution in [1.29, 1.82) is 0 Å². The molecule has 1 saturated heterocycles. The van der Waals surface area contributed by atoms with Crippen molar-refractivity contribution in [3.63, 3.8) is 0 Å². The predicted molar refractivity (Wildman–Crippen MR) is 123 cm³/mol. The van der Waals surface area contributed by atoms with E-state index >= 15 is 0 Å². The largest absolute Gasteiger partial charge is 0.464 e. The van der Waals surface area contributed by atoms with Crippen molar-refractivity contribution >= 4 is 22.5 Å². The fourth-order valence-electron chi connectivity index (χ4n) is 4.18. The van der Waals surface area contributed by atoms with Gasteiger partial charge in [-0.1, -0.05) is 12.1 Å². The number of carbonyl (C=O) groups excluding carboxylic acids is 1. The van der Waals surface area contributed by atoms with Crippen LogP contribution in [0.3, 0.4) is 0 Å². The Hall–Kier alpha value is -3.44. The minimum absolute atomic E-state index is 0.140. The highest BCUT2D eigenvalue weighted by molar-refractivity contribution is 6.05. The van der Waals surface area contributed by atoms with E-state index in [2.05, 4.69) is 27.3 Å². The Kier molecular flexibility index (Phi) is 5.26. The molecule has 5 rings (SSSR count). The normalized spacial score (nSPS) is 14.2. The predicted octanol–water partition coefficient (Wildman–Crippen LogP) is 5.65. The van der Waals surface area contributed by atoms with Crippen LogP contribution in [0.1, 0.15) is 34.3 Å². The first-order valence-corrected chi connectivity index (χ1v) is 10.7. The molecule has 1 N–H and O–H groups in total. The van der Waals surface area contributed by atoms with Gasteiger partial charge in [-0.05, 0) is 86.4 Å². The van der Waals surface area contributed by atoms with Crippen molar-refractivity contribution in [1.82, 2.24) is 9.88 Å². The van der Waals surface area contributed by atoms with Crippen LogP contribution in [0, 0.1) is 6.92 Å². The van der Waals surface area contributed by atoms with E-state index in [0.29, 0.717) is 5.56 Å². The Balaban J connectivity index is 1.33. The summed E-state index contributed by atoms with van der Waals surface area (Å²) in [6, 6.07) is 17.4. The smallest absolute Gasteiger partial charge is 0.255 e. The Labute approximate surface area is 181 Å². The number of likely N-dealkylation sites (tertiary alicyclic amines) is 1. The fraction of sp³-hybridized carbons (Fsp3) is 0.231. The first-order chi connectivity index (χ1) is 15.2. The number of aromatic nitrogens is 1. The summed E-state index contributed by atoms with van der Waals surface area (Å²) in [6.07, 6.45) is 6.17. The van der Waals surface area contributed by atoms with Crippen LogP contribution >= 0.6 is 0 Å². The van der Waals surface area contributed by atoms with Crippen LogP contribution in [0.2, 0.25) is 0 Å². The van der Waals surface area contributed by atoms with E-state index in [-0.39, 0.29) is 5.91 Å². The molecule has 5 heteroatoms. The number of pyridine rings is 1. The zero-order valence-electron chi connectivity index (χ0n) is 17.6. The Bertz CT molecular complexity index is 1210. The number of furan rings is 1. The number of rotatable bonds is 5. The highest BCUT2D eigenvalue weighted by Crippen LogP contribution is 2.25. The molecule has 1 aliphatic heterocycles. The van der Waals surface area contributed by atoms with Crippen molar-refractivity contribution in [3.05, 3.63) is 83.7 Å². The lowest BCUT2D eigenvalue weighted by atomic mass is 10.1. The van der Waals surface area contributed by atoms with E-state index in [1.165, 1.54) is 31.5 Å². The van der Waals surface area contributed by atoms with Crippen LogP contribution in [-0.4, -0.2) is 28.9 Å². The van der Waals surface area contributed by atoms with Crippen LogP contribution < -0.4 is 5.32 Å². The summed E-state index contributed by atoms with van der Waals surface area (Å²) in [5.74, 6) is 0.645. The zero-order valence-corrected chi connectivity index (χ0v) is 17.6. The van der Waals surface area contributed by atoms with E-state index in [4.69, 9.17) is 4.42 Å². The number of hydrogen-bond acceptors (Lipinski definition) is 4. The lowest BCUT2D eigenvalue weighted by Crippen LogP contribution is -2.18. The molecule has 1 amide bonds. The number of amides is 1. The molecule has 2 aromatic carbocycles. The van der Waals surface area contributed by atoms with Crippen LogP contribution in [0.25, 0.3) is 22.2 Å². The van der Waals surface area contributed by atoms with Crippen LogP contribution in [0.15, 0.2) is 71.5 Å². The molecule has 0 unspecified atom stereocenters. The molecular weight excluding hydrogens is 386 g/mol.